The van der Waals surface area contributed by atoms with Gasteiger partial charge in [-0.25, -0.2) is 9.36 Å². The Bertz CT molecular complexity index is 2190. The normalized spacial score (nSPS) is 11.3. The molecule has 1 amide bonds. The van der Waals surface area contributed by atoms with E-state index in [1.54, 1.807) is 21.5 Å². The fourth-order valence-electron chi connectivity index (χ4n) is 6.89. The lowest BCUT2D eigenvalue weighted by Gasteiger charge is -2.17. The van der Waals surface area contributed by atoms with Crippen LogP contribution in [0.15, 0.2) is 90.1 Å². The van der Waals surface area contributed by atoms with E-state index in [0.717, 1.165) is 29.8 Å². The number of nitrogens with zero attached hydrogens (tertiary/aromatic N) is 6. The predicted octanol–water partition coefficient (Wildman–Crippen LogP) is 11.5. The van der Waals surface area contributed by atoms with Gasteiger partial charge in [0, 0.05) is 28.6 Å². The fraction of sp³-hybridized carbons (Fsp3) is 0.400. The Morgan fingerprint density at radius 1 is 0.789 bits per heavy atom. The van der Waals surface area contributed by atoms with Crippen molar-refractivity contribution in [3.05, 3.63) is 102 Å². The highest BCUT2D eigenvalue weighted by molar-refractivity contribution is 7.98. The highest BCUT2D eigenvalue weighted by atomic mass is 32.2. The number of para-hydroxylation sites is 3. The number of aryl methyl sites for hydroxylation is 2. The molecule has 0 radical (unpaired) electrons. The van der Waals surface area contributed by atoms with E-state index in [4.69, 9.17) is 14.6 Å². The Morgan fingerprint density at radius 2 is 1.44 bits per heavy atom. The van der Waals surface area contributed by atoms with Crippen LogP contribution in [0.1, 0.15) is 113 Å². The monoisotopic (exact) mass is 789 g/mol. The number of fused-ring (bicyclic) bond motifs is 1. The first kappa shape index (κ1) is 41.3. The fourth-order valence-corrected chi connectivity index (χ4v) is 7.90. The third-order valence-corrected chi connectivity index (χ3v) is 11.1. The second-order valence-corrected chi connectivity index (χ2v) is 15.2. The first-order valence-electron chi connectivity index (χ1n) is 20.5. The van der Waals surface area contributed by atoms with Gasteiger partial charge in [-0.05, 0) is 61.0 Å². The van der Waals surface area contributed by atoms with Crippen LogP contribution in [0.3, 0.4) is 0 Å². The van der Waals surface area contributed by atoms with Crippen LogP contribution in [0, 0.1) is 6.92 Å². The molecule has 0 bridgehead atoms. The van der Waals surface area contributed by atoms with Crippen molar-refractivity contribution < 1.29 is 19.4 Å². The van der Waals surface area contributed by atoms with Crippen LogP contribution in [0.2, 0.25) is 0 Å². The van der Waals surface area contributed by atoms with E-state index in [-0.39, 0.29) is 11.3 Å². The van der Waals surface area contributed by atoms with Gasteiger partial charge in [0.1, 0.15) is 17.2 Å². The lowest BCUT2D eigenvalue weighted by atomic mass is 10.0. The maximum absolute atomic E-state index is 14.1. The van der Waals surface area contributed by atoms with Crippen LogP contribution < -0.4 is 14.8 Å². The van der Waals surface area contributed by atoms with E-state index in [1.807, 2.05) is 86.6 Å². The van der Waals surface area contributed by atoms with Crippen LogP contribution in [0.25, 0.3) is 16.5 Å². The van der Waals surface area contributed by atoms with Gasteiger partial charge in [-0.15, -0.1) is 5.10 Å². The minimum absolute atomic E-state index is 0.0695. The second kappa shape index (κ2) is 21.2. The van der Waals surface area contributed by atoms with E-state index >= 15 is 0 Å². The number of aromatic nitrogens is 6. The average molecular weight is 790 g/mol. The van der Waals surface area contributed by atoms with Crippen molar-refractivity contribution in [3.8, 4) is 28.8 Å². The number of phenols is 1. The van der Waals surface area contributed by atoms with Gasteiger partial charge in [0.2, 0.25) is 11.0 Å². The molecule has 6 rings (SSSR count). The summed E-state index contributed by atoms with van der Waals surface area (Å²) in [4.78, 5) is 14.1. The number of tetrazole rings is 1. The largest absolute Gasteiger partial charge is 0.506 e. The Kier molecular flexibility index (Phi) is 15.4. The van der Waals surface area contributed by atoms with Gasteiger partial charge < -0.3 is 19.9 Å². The van der Waals surface area contributed by atoms with Gasteiger partial charge in [0.05, 0.1) is 29.2 Å². The molecule has 0 spiro atoms. The number of ether oxygens (including phenoxy) is 2. The highest BCUT2D eigenvalue weighted by Gasteiger charge is 2.24. The Hall–Kier alpha value is -5.36. The SMILES string of the molecule is CCCCCCCCCCCCCCOc1ccccc1NC(=O)c1cc(Oc2c(CSc3nnnn3CC)c(C)nn2-c2ccccc2)c2ccccc2c1O. The average Bonchev–Trinajstić information content (AvgIpc) is 3.83. The molecule has 12 heteroatoms. The number of nitrogens with one attached hydrogen (secondary N) is 1. The molecule has 2 N–H and O–H groups in total. The number of amides is 1. The summed E-state index contributed by atoms with van der Waals surface area (Å²) in [6.45, 7) is 7.39. The molecule has 11 nitrogen and oxygen atoms in total. The summed E-state index contributed by atoms with van der Waals surface area (Å²) < 4.78 is 16.5. The van der Waals surface area contributed by atoms with Crippen LogP contribution in [-0.4, -0.2) is 47.6 Å². The number of benzene rings is 4. The molecule has 2 aromatic heterocycles. The summed E-state index contributed by atoms with van der Waals surface area (Å²) in [5.41, 5.74) is 3.03. The summed E-state index contributed by atoms with van der Waals surface area (Å²) in [6, 6.07) is 26.1. The molecule has 0 fully saturated rings. The Morgan fingerprint density at radius 3 is 2.16 bits per heavy atom. The number of carbonyl (C=O) groups is 1. The van der Waals surface area contributed by atoms with E-state index in [9.17, 15) is 9.90 Å². The number of aromatic hydroxyl groups is 1. The maximum atomic E-state index is 14.1. The lowest BCUT2D eigenvalue weighted by Crippen LogP contribution is -2.14. The number of phenolic OH excluding ortho intramolecular Hbond substituents is 1. The number of rotatable bonds is 23. The van der Waals surface area contributed by atoms with Gasteiger partial charge in [-0.2, -0.15) is 5.10 Å². The third kappa shape index (κ3) is 10.9. The molecule has 300 valence electrons. The quantitative estimate of drug-likeness (QED) is 0.0481. The number of hydrogen-bond donors (Lipinski definition) is 2. The molecule has 0 unspecified atom stereocenters. The van der Waals surface area contributed by atoms with Gasteiger partial charge in [0.15, 0.2) is 0 Å². The van der Waals surface area contributed by atoms with Crippen LogP contribution in [-0.2, 0) is 12.3 Å². The van der Waals surface area contributed by atoms with Crippen molar-refractivity contribution in [2.45, 2.75) is 115 Å². The number of thioether (sulfide) groups is 1. The minimum Gasteiger partial charge on any atom is -0.506 e. The van der Waals surface area contributed by atoms with E-state index in [2.05, 4.69) is 27.8 Å². The summed E-state index contributed by atoms with van der Waals surface area (Å²) >= 11 is 1.49. The lowest BCUT2D eigenvalue weighted by molar-refractivity contribution is 0.102. The molecule has 0 saturated carbocycles. The van der Waals surface area contributed by atoms with Gasteiger partial charge >= 0.3 is 0 Å². The topological polar surface area (TPSA) is 129 Å². The van der Waals surface area contributed by atoms with Crippen LogP contribution >= 0.6 is 11.8 Å². The van der Waals surface area contributed by atoms with Gasteiger partial charge in [0.25, 0.3) is 5.91 Å². The molecule has 0 aliphatic rings. The third-order valence-electron chi connectivity index (χ3n) is 10.1. The van der Waals surface area contributed by atoms with E-state index < -0.39 is 5.91 Å². The van der Waals surface area contributed by atoms with E-state index in [0.29, 0.717) is 57.9 Å². The first-order valence-corrected chi connectivity index (χ1v) is 21.5. The molecule has 57 heavy (non-hydrogen) atoms. The van der Waals surface area contributed by atoms with Crippen molar-refractivity contribution >= 4 is 34.1 Å². The van der Waals surface area contributed by atoms with Crippen LogP contribution in [0.4, 0.5) is 5.69 Å². The predicted molar refractivity (Wildman–Crippen MR) is 228 cm³/mol. The number of hydrogen-bond acceptors (Lipinski definition) is 9. The van der Waals surface area contributed by atoms with Crippen molar-refractivity contribution in [1.29, 1.82) is 0 Å². The van der Waals surface area contributed by atoms with Gasteiger partial charge in [-0.1, -0.05) is 144 Å². The molecule has 0 aliphatic heterocycles. The maximum Gasteiger partial charge on any atom is 0.259 e. The molecule has 4 aromatic carbocycles. The molecule has 2 heterocycles. The van der Waals surface area contributed by atoms with Crippen LogP contribution in [0.5, 0.6) is 23.1 Å². The zero-order valence-electron chi connectivity index (χ0n) is 33.5. The van der Waals surface area contributed by atoms with Gasteiger partial charge in [-0.3, -0.25) is 4.79 Å². The minimum atomic E-state index is -0.487. The summed E-state index contributed by atoms with van der Waals surface area (Å²) in [5.74, 6) is 1.32. The number of anilines is 1. The van der Waals surface area contributed by atoms with Crippen molar-refractivity contribution in [3.63, 3.8) is 0 Å². The highest BCUT2D eigenvalue weighted by Crippen LogP contribution is 2.41. The van der Waals surface area contributed by atoms with Crippen molar-refractivity contribution in [2.24, 2.45) is 0 Å². The van der Waals surface area contributed by atoms with Crippen molar-refractivity contribution in [1.82, 2.24) is 30.0 Å². The molecule has 6 aromatic rings. The molecule has 0 saturated heterocycles. The summed E-state index contributed by atoms with van der Waals surface area (Å²) in [5, 5.41) is 33.3. The Balaban J connectivity index is 1.16. The molecule has 0 aliphatic carbocycles. The zero-order valence-corrected chi connectivity index (χ0v) is 34.3. The standard InChI is InChI=1S/C45H55N7O4S/c1-4-6-7-8-9-10-11-12-13-14-15-23-30-55-40-29-22-21-28-39(40)46-43(54)37-31-41(35-26-19-20-27-36(35)42(37)53)56-44-38(32-57-45-47-49-50-51(45)5-2)33(3)48-52(44)34-24-17-16-18-25-34/h16-22,24-29,31,53H,4-15,23,30,32H2,1-3H3,(H,46,54). The smallest absolute Gasteiger partial charge is 0.259 e. The van der Waals surface area contributed by atoms with Crippen molar-refractivity contribution in [2.75, 3.05) is 11.9 Å². The molecule has 0 atom stereocenters. The number of unbranched alkanes of at least 4 members (excludes halogenated alkanes) is 11. The summed E-state index contributed by atoms with van der Waals surface area (Å²) in [7, 11) is 0. The molecular weight excluding hydrogens is 735 g/mol. The van der Waals surface area contributed by atoms with E-state index in [1.165, 1.54) is 76.0 Å². The first-order chi connectivity index (χ1) is 28.0. The Labute approximate surface area is 340 Å². The zero-order chi connectivity index (χ0) is 39.8. The second-order valence-electron chi connectivity index (χ2n) is 14.3. The number of carbonyl (C=O) groups excluding carboxylic acids is 1. The molecular formula is C45H55N7O4S. The summed E-state index contributed by atoms with van der Waals surface area (Å²) in [6.07, 6.45) is 15.3.